The van der Waals surface area contributed by atoms with E-state index in [4.69, 9.17) is 5.73 Å². The number of hydrogen-bond donors (Lipinski definition) is 1. The second kappa shape index (κ2) is 2.91. The highest BCUT2D eigenvalue weighted by atomic mass is 16.6. The highest BCUT2D eigenvalue weighted by molar-refractivity contribution is 4.86. The van der Waals surface area contributed by atoms with E-state index in [0.29, 0.717) is 0 Å². The number of hydrogen-bond acceptors (Lipinski definition) is 4. The van der Waals surface area contributed by atoms with Crippen molar-refractivity contribution in [3.63, 3.8) is 0 Å². The number of nitrogens with two attached hydrogens (primary N) is 1. The Morgan fingerprint density at radius 1 is 1.78 bits per heavy atom. The van der Waals surface area contributed by atoms with E-state index in [1.54, 1.807) is 14.1 Å². The topological polar surface area (TPSA) is 72.4 Å². The Morgan fingerprint density at radius 2 is 2.22 bits per heavy atom. The van der Waals surface area contributed by atoms with Crippen LogP contribution in [0.1, 0.15) is 0 Å². The molecule has 0 unspecified atom stereocenters. The summed E-state index contributed by atoms with van der Waals surface area (Å²) >= 11 is 0. The van der Waals surface area contributed by atoms with E-state index < -0.39 is 4.92 Å². The largest absolute Gasteiger partial charge is 0.380 e. The summed E-state index contributed by atoms with van der Waals surface area (Å²) in [6.07, 6.45) is 0.750. The molecule has 9 heavy (non-hydrogen) atoms. The third-order valence-corrected chi connectivity index (χ3v) is 0.754. The Labute approximate surface area is 52.9 Å². The van der Waals surface area contributed by atoms with Crippen molar-refractivity contribution in [1.82, 2.24) is 4.90 Å². The first-order valence-electron chi connectivity index (χ1n) is 2.32. The zero-order valence-corrected chi connectivity index (χ0v) is 5.37. The van der Waals surface area contributed by atoms with Gasteiger partial charge in [0.15, 0.2) is 5.82 Å². The van der Waals surface area contributed by atoms with Crippen molar-refractivity contribution in [1.29, 1.82) is 0 Å². The van der Waals surface area contributed by atoms with Crippen LogP contribution in [0.3, 0.4) is 0 Å². The van der Waals surface area contributed by atoms with E-state index in [1.165, 1.54) is 4.90 Å². The van der Waals surface area contributed by atoms with Gasteiger partial charge in [-0.25, -0.2) is 0 Å². The molecule has 2 N–H and O–H groups in total. The van der Waals surface area contributed by atoms with Gasteiger partial charge in [0.2, 0.25) is 0 Å². The van der Waals surface area contributed by atoms with Gasteiger partial charge in [-0.3, -0.25) is 10.1 Å². The first-order valence-corrected chi connectivity index (χ1v) is 2.32. The Balaban J connectivity index is 4.00. The normalized spacial score (nSPS) is 11.1. The van der Waals surface area contributed by atoms with Crippen LogP contribution in [0.15, 0.2) is 12.0 Å². The van der Waals surface area contributed by atoms with E-state index in [-0.39, 0.29) is 5.82 Å². The fourth-order valence-electron chi connectivity index (χ4n) is 0.223. The maximum atomic E-state index is 9.74. The van der Waals surface area contributed by atoms with Crippen molar-refractivity contribution in [3.8, 4) is 0 Å². The minimum absolute atomic E-state index is 0.139. The van der Waals surface area contributed by atoms with Gasteiger partial charge < -0.3 is 10.6 Å². The molecule has 0 heterocycles. The molecule has 0 atom stereocenters. The summed E-state index contributed by atoms with van der Waals surface area (Å²) in [6.45, 7) is 0. The van der Waals surface area contributed by atoms with Crippen molar-refractivity contribution in [3.05, 3.63) is 22.1 Å². The Hall–Kier alpha value is -1.26. The van der Waals surface area contributed by atoms with Gasteiger partial charge in [-0.05, 0) is 0 Å². The molecule has 0 saturated heterocycles. The van der Waals surface area contributed by atoms with Gasteiger partial charge in [0.25, 0.3) is 6.20 Å². The maximum absolute atomic E-state index is 9.74. The Bertz CT molecular complexity index is 141. The Kier molecular flexibility index (Phi) is 2.50. The molecule has 0 fully saturated rings. The zero-order chi connectivity index (χ0) is 7.44. The lowest BCUT2D eigenvalue weighted by Gasteiger charge is -2.07. The monoisotopic (exact) mass is 131 g/mol. The summed E-state index contributed by atoms with van der Waals surface area (Å²) < 4.78 is 0. The van der Waals surface area contributed by atoms with E-state index in [1.807, 2.05) is 0 Å². The molecule has 0 amide bonds. The lowest BCUT2D eigenvalue weighted by atomic mass is 10.7. The molecule has 0 aromatic carbocycles. The summed E-state index contributed by atoms with van der Waals surface area (Å²) in [5, 5.41) is 9.74. The van der Waals surface area contributed by atoms with Gasteiger partial charge in [-0.15, -0.1) is 0 Å². The molecule has 0 aromatic heterocycles. The maximum Gasteiger partial charge on any atom is 0.274 e. The van der Waals surface area contributed by atoms with Crippen molar-refractivity contribution < 1.29 is 4.92 Å². The molecule has 0 aliphatic heterocycles. The van der Waals surface area contributed by atoms with E-state index in [9.17, 15) is 10.1 Å². The fraction of sp³-hybridized carbons (Fsp3) is 0.500. The predicted molar refractivity (Wildman–Crippen MR) is 33.0 cm³/mol. The van der Waals surface area contributed by atoms with Gasteiger partial charge in [0.05, 0.1) is 4.92 Å². The first kappa shape index (κ1) is 7.74. The van der Waals surface area contributed by atoms with Crippen molar-refractivity contribution in [2.24, 2.45) is 5.73 Å². The third-order valence-electron chi connectivity index (χ3n) is 0.754. The van der Waals surface area contributed by atoms with Crippen LogP contribution in [0.25, 0.3) is 0 Å². The first-order chi connectivity index (χ1) is 4.04. The van der Waals surface area contributed by atoms with Gasteiger partial charge >= 0.3 is 0 Å². The summed E-state index contributed by atoms with van der Waals surface area (Å²) in [4.78, 5) is 10.6. The van der Waals surface area contributed by atoms with Crippen LogP contribution in [0.2, 0.25) is 0 Å². The standard InChI is InChI=1S/C4H9N3O2/c1-6(2)4(5)3-7(8)9/h3H,5H2,1-2H3/b4-3+. The summed E-state index contributed by atoms with van der Waals surface area (Å²) in [5.74, 6) is 0.139. The molecule has 5 heteroatoms. The van der Waals surface area contributed by atoms with Crippen LogP contribution in [0, 0.1) is 10.1 Å². The van der Waals surface area contributed by atoms with Crippen LogP contribution < -0.4 is 5.73 Å². The summed E-state index contributed by atoms with van der Waals surface area (Å²) in [5.41, 5.74) is 5.16. The molecule has 0 radical (unpaired) electrons. The van der Waals surface area contributed by atoms with Crippen LogP contribution in [-0.4, -0.2) is 23.9 Å². The minimum atomic E-state index is -0.588. The van der Waals surface area contributed by atoms with Crippen LogP contribution in [0.4, 0.5) is 0 Å². The average molecular weight is 131 g/mol. The average Bonchev–Trinajstić information content (AvgIpc) is 1.63. The van der Waals surface area contributed by atoms with Gasteiger partial charge in [0, 0.05) is 14.1 Å². The number of nitrogens with zero attached hydrogens (tertiary/aromatic N) is 2. The molecule has 0 aliphatic carbocycles. The quantitative estimate of drug-likeness (QED) is 0.408. The lowest BCUT2D eigenvalue weighted by Crippen LogP contribution is -2.19. The van der Waals surface area contributed by atoms with Gasteiger partial charge in [-0.2, -0.15) is 0 Å². The second-order valence-electron chi connectivity index (χ2n) is 1.73. The highest BCUT2D eigenvalue weighted by Crippen LogP contribution is 1.86. The molecule has 5 nitrogen and oxygen atoms in total. The van der Waals surface area contributed by atoms with E-state index in [0.717, 1.165) is 6.20 Å². The van der Waals surface area contributed by atoms with Crippen LogP contribution >= 0.6 is 0 Å². The molecule has 0 saturated carbocycles. The fourth-order valence-corrected chi connectivity index (χ4v) is 0.223. The molecule has 0 bridgehead atoms. The van der Waals surface area contributed by atoms with E-state index >= 15 is 0 Å². The van der Waals surface area contributed by atoms with E-state index in [2.05, 4.69) is 0 Å². The third kappa shape index (κ3) is 3.33. The lowest BCUT2D eigenvalue weighted by molar-refractivity contribution is -0.404. The summed E-state index contributed by atoms with van der Waals surface area (Å²) in [6, 6.07) is 0. The van der Waals surface area contributed by atoms with Crippen LogP contribution in [-0.2, 0) is 0 Å². The smallest absolute Gasteiger partial charge is 0.274 e. The molecule has 0 aromatic rings. The van der Waals surface area contributed by atoms with Crippen molar-refractivity contribution in [2.45, 2.75) is 0 Å². The van der Waals surface area contributed by atoms with Crippen LogP contribution in [0.5, 0.6) is 0 Å². The van der Waals surface area contributed by atoms with Crippen molar-refractivity contribution >= 4 is 0 Å². The predicted octanol–water partition coefficient (Wildman–Crippen LogP) is -0.418. The van der Waals surface area contributed by atoms with Crippen molar-refractivity contribution in [2.75, 3.05) is 14.1 Å². The molecule has 0 rings (SSSR count). The number of nitro groups is 1. The SMILES string of the molecule is CN(C)/C(N)=C/[N+](=O)[O-]. The zero-order valence-electron chi connectivity index (χ0n) is 5.37. The summed E-state index contributed by atoms with van der Waals surface area (Å²) in [7, 11) is 3.27. The molecule has 0 aliphatic rings. The molecular formula is C4H9N3O2. The Morgan fingerprint density at radius 3 is 2.33 bits per heavy atom. The van der Waals surface area contributed by atoms with Gasteiger partial charge in [-0.1, -0.05) is 0 Å². The molecule has 0 spiro atoms. The second-order valence-corrected chi connectivity index (χ2v) is 1.73. The highest BCUT2D eigenvalue weighted by Gasteiger charge is 1.96. The molecule has 52 valence electrons. The van der Waals surface area contributed by atoms with Gasteiger partial charge in [0.1, 0.15) is 0 Å². The molecular weight excluding hydrogens is 122 g/mol. The minimum Gasteiger partial charge on any atom is -0.380 e. The number of rotatable bonds is 2.